The highest BCUT2D eigenvalue weighted by Crippen LogP contribution is 2.42. The number of piperidine rings is 1. The number of hydrogen-bond donors (Lipinski definition) is 4. The van der Waals surface area contributed by atoms with E-state index in [9.17, 15) is 14.7 Å². The first-order chi connectivity index (χ1) is 18.2. The van der Waals surface area contributed by atoms with Gasteiger partial charge in [0.25, 0.3) is 5.91 Å². The van der Waals surface area contributed by atoms with Gasteiger partial charge < -0.3 is 25.6 Å². The van der Waals surface area contributed by atoms with Gasteiger partial charge in [0.2, 0.25) is 5.91 Å². The van der Waals surface area contributed by atoms with Gasteiger partial charge in [-0.15, -0.1) is 0 Å². The Balaban J connectivity index is 1.38. The van der Waals surface area contributed by atoms with Crippen molar-refractivity contribution < 1.29 is 14.7 Å². The van der Waals surface area contributed by atoms with Crippen LogP contribution in [0.1, 0.15) is 105 Å². The molecular weight excluding hydrogens is 476 g/mol. The van der Waals surface area contributed by atoms with Gasteiger partial charge in [-0.05, 0) is 87.2 Å². The predicted octanol–water partition coefficient (Wildman–Crippen LogP) is 5.28. The Bertz CT molecular complexity index is 1100. The lowest BCUT2D eigenvalue weighted by Gasteiger charge is -2.33. The summed E-state index contributed by atoms with van der Waals surface area (Å²) in [6, 6.07) is 7.43. The molecule has 0 saturated carbocycles. The van der Waals surface area contributed by atoms with E-state index in [-0.39, 0.29) is 17.2 Å². The molecule has 1 fully saturated rings. The molecule has 1 aromatic carbocycles. The molecule has 2 aliphatic rings. The van der Waals surface area contributed by atoms with E-state index < -0.39 is 12.1 Å². The number of nitrogens with one attached hydrogen (secondary N) is 3. The molecule has 7 heteroatoms. The molecule has 1 saturated heterocycles. The number of amides is 2. The van der Waals surface area contributed by atoms with E-state index in [4.69, 9.17) is 0 Å². The van der Waals surface area contributed by atoms with Crippen molar-refractivity contribution in [3.63, 3.8) is 0 Å². The fourth-order valence-corrected chi connectivity index (χ4v) is 6.03. The number of aromatic amines is 1. The molecule has 2 unspecified atom stereocenters. The van der Waals surface area contributed by atoms with Crippen LogP contribution in [0.2, 0.25) is 0 Å². The number of anilines is 1. The number of hydrogen-bond acceptors (Lipinski definition) is 4. The molecule has 1 aromatic heterocycles. The van der Waals surface area contributed by atoms with Crippen LogP contribution in [-0.2, 0) is 17.6 Å². The van der Waals surface area contributed by atoms with Gasteiger partial charge in [0.15, 0.2) is 0 Å². The number of unbranched alkanes of at least 4 members (excludes halogenated alkanes) is 1. The maximum atomic E-state index is 13.3. The molecule has 38 heavy (non-hydrogen) atoms. The fourth-order valence-electron chi connectivity index (χ4n) is 6.03. The number of carbonyl (C=O) groups is 2. The third kappa shape index (κ3) is 7.06. The quantitative estimate of drug-likeness (QED) is 0.341. The standard InChI is InChI=1S/C31H46N4O3/c1-5-6-10-24(34-30(38)28-21(2)27-25(33-28)19-31(3,4)20-26(27)36)29(37)32-23-13-11-22(12-14-23)15-18-35-16-8-7-9-17-35/h11-14,24,26,33,36H,5-10,15-20H2,1-4H3,(H,32,37)(H,34,38). The van der Waals surface area contributed by atoms with Gasteiger partial charge in [-0.1, -0.05) is 52.2 Å². The van der Waals surface area contributed by atoms with Crippen LogP contribution in [0, 0.1) is 12.3 Å². The van der Waals surface area contributed by atoms with E-state index >= 15 is 0 Å². The second-order valence-electron chi connectivity index (χ2n) is 12.1. The summed E-state index contributed by atoms with van der Waals surface area (Å²) in [6.07, 6.45) is 8.14. The summed E-state index contributed by atoms with van der Waals surface area (Å²) in [6.45, 7) is 11.7. The zero-order valence-corrected chi connectivity index (χ0v) is 23.7. The first-order valence-corrected chi connectivity index (χ1v) is 14.5. The summed E-state index contributed by atoms with van der Waals surface area (Å²) in [5.74, 6) is -0.505. The van der Waals surface area contributed by atoms with Crippen LogP contribution in [0.3, 0.4) is 0 Å². The summed E-state index contributed by atoms with van der Waals surface area (Å²) < 4.78 is 0. The number of aromatic nitrogens is 1. The van der Waals surface area contributed by atoms with E-state index in [1.54, 1.807) is 0 Å². The molecule has 0 radical (unpaired) electrons. The molecule has 4 N–H and O–H groups in total. The van der Waals surface area contributed by atoms with Crippen molar-refractivity contribution in [2.24, 2.45) is 5.41 Å². The van der Waals surface area contributed by atoms with Crippen LogP contribution in [0.25, 0.3) is 0 Å². The number of aliphatic hydroxyl groups excluding tert-OH is 1. The van der Waals surface area contributed by atoms with Crippen molar-refractivity contribution in [3.8, 4) is 0 Å². The molecule has 208 valence electrons. The number of carbonyl (C=O) groups excluding carboxylic acids is 2. The first kappa shape index (κ1) is 28.4. The molecule has 1 aliphatic heterocycles. The van der Waals surface area contributed by atoms with Gasteiger partial charge in [0.1, 0.15) is 11.7 Å². The zero-order valence-electron chi connectivity index (χ0n) is 23.7. The highest BCUT2D eigenvalue weighted by molar-refractivity contribution is 6.01. The maximum absolute atomic E-state index is 13.3. The maximum Gasteiger partial charge on any atom is 0.268 e. The topological polar surface area (TPSA) is 97.5 Å². The Morgan fingerprint density at radius 2 is 1.87 bits per heavy atom. The van der Waals surface area contributed by atoms with Crippen molar-refractivity contribution in [1.29, 1.82) is 0 Å². The lowest BCUT2D eigenvalue weighted by atomic mass is 9.75. The Morgan fingerprint density at radius 1 is 1.16 bits per heavy atom. The van der Waals surface area contributed by atoms with Crippen molar-refractivity contribution in [2.75, 3.05) is 25.0 Å². The summed E-state index contributed by atoms with van der Waals surface area (Å²) in [5, 5.41) is 16.7. The zero-order chi connectivity index (χ0) is 27.3. The van der Waals surface area contributed by atoms with Gasteiger partial charge in [-0.2, -0.15) is 0 Å². The third-order valence-corrected chi connectivity index (χ3v) is 8.20. The Labute approximate surface area is 227 Å². The number of benzene rings is 1. The molecule has 2 aromatic rings. The van der Waals surface area contributed by atoms with Crippen molar-refractivity contribution >= 4 is 17.5 Å². The van der Waals surface area contributed by atoms with Gasteiger partial charge in [0.05, 0.1) is 6.10 Å². The highest BCUT2D eigenvalue weighted by Gasteiger charge is 2.36. The van der Waals surface area contributed by atoms with Crippen LogP contribution < -0.4 is 10.6 Å². The number of rotatable bonds is 10. The molecule has 4 rings (SSSR count). The van der Waals surface area contributed by atoms with Crippen molar-refractivity contribution in [2.45, 2.75) is 97.6 Å². The largest absolute Gasteiger partial charge is 0.388 e. The minimum atomic E-state index is -0.637. The molecule has 2 heterocycles. The Morgan fingerprint density at radius 3 is 2.55 bits per heavy atom. The molecule has 2 atom stereocenters. The Hall–Kier alpha value is -2.64. The number of H-pyrrole nitrogens is 1. The van der Waals surface area contributed by atoms with Crippen LogP contribution in [0.5, 0.6) is 0 Å². The van der Waals surface area contributed by atoms with E-state index in [0.29, 0.717) is 18.5 Å². The Kier molecular flexibility index (Phi) is 9.32. The lowest BCUT2D eigenvalue weighted by Crippen LogP contribution is -2.44. The average Bonchev–Trinajstić information content (AvgIpc) is 3.21. The number of nitrogens with zero attached hydrogens (tertiary/aromatic N) is 1. The van der Waals surface area contributed by atoms with Crippen LogP contribution in [0.15, 0.2) is 24.3 Å². The van der Waals surface area contributed by atoms with Gasteiger partial charge in [0, 0.05) is 23.5 Å². The van der Waals surface area contributed by atoms with E-state index in [1.807, 2.05) is 19.1 Å². The molecule has 1 aliphatic carbocycles. The van der Waals surface area contributed by atoms with E-state index in [0.717, 1.165) is 54.7 Å². The SMILES string of the molecule is CCCCC(NC(=O)c1[nH]c2c(c1C)C(O)CC(C)(C)C2)C(=O)Nc1ccc(CCN2CCCCC2)cc1. The minimum absolute atomic E-state index is 0.0376. The van der Waals surface area contributed by atoms with Crippen LogP contribution in [0.4, 0.5) is 5.69 Å². The molecule has 7 nitrogen and oxygen atoms in total. The van der Waals surface area contributed by atoms with Gasteiger partial charge in [-0.25, -0.2) is 0 Å². The second-order valence-corrected chi connectivity index (χ2v) is 12.1. The fraction of sp³-hybridized carbons (Fsp3) is 0.613. The van der Waals surface area contributed by atoms with Gasteiger partial charge >= 0.3 is 0 Å². The monoisotopic (exact) mass is 522 g/mol. The molecule has 0 spiro atoms. The average molecular weight is 523 g/mol. The summed E-state index contributed by atoms with van der Waals surface area (Å²) in [4.78, 5) is 32.4. The normalized spacial score (nSPS) is 20.0. The summed E-state index contributed by atoms with van der Waals surface area (Å²) >= 11 is 0. The van der Waals surface area contributed by atoms with Crippen LogP contribution in [-0.4, -0.2) is 52.5 Å². The predicted molar refractivity (Wildman–Crippen MR) is 152 cm³/mol. The number of aliphatic hydroxyl groups is 1. The van der Waals surface area contributed by atoms with Gasteiger partial charge in [-0.3, -0.25) is 9.59 Å². The lowest BCUT2D eigenvalue weighted by molar-refractivity contribution is -0.118. The van der Waals surface area contributed by atoms with Crippen molar-refractivity contribution in [1.82, 2.24) is 15.2 Å². The summed E-state index contributed by atoms with van der Waals surface area (Å²) in [7, 11) is 0. The smallest absolute Gasteiger partial charge is 0.268 e. The highest BCUT2D eigenvalue weighted by atomic mass is 16.3. The summed E-state index contributed by atoms with van der Waals surface area (Å²) in [5.41, 5.74) is 4.94. The molecular formula is C31H46N4O3. The number of fused-ring (bicyclic) bond motifs is 1. The van der Waals surface area contributed by atoms with E-state index in [2.05, 4.69) is 53.4 Å². The van der Waals surface area contributed by atoms with Crippen LogP contribution >= 0.6 is 0 Å². The second kappa shape index (κ2) is 12.5. The molecule has 2 amide bonds. The molecule has 0 bridgehead atoms. The van der Waals surface area contributed by atoms with E-state index in [1.165, 1.54) is 37.9 Å². The third-order valence-electron chi connectivity index (χ3n) is 8.20. The minimum Gasteiger partial charge on any atom is -0.388 e. The van der Waals surface area contributed by atoms with Crippen molar-refractivity contribution in [3.05, 3.63) is 52.3 Å². The first-order valence-electron chi connectivity index (χ1n) is 14.5. The number of likely N-dealkylation sites (tertiary alicyclic amines) is 1.